The number of Topliss-reactive ketones (excluding diaryl/α,β-unsaturated/α-hetero) is 2. The number of rotatable bonds is 12. The molecule has 0 heterocycles. The summed E-state index contributed by atoms with van der Waals surface area (Å²) in [5, 5.41) is 19.0. The van der Waals surface area contributed by atoms with Crippen LogP contribution in [0.2, 0.25) is 0 Å². The monoisotopic (exact) mass is 518 g/mol. The number of aliphatic hydroxyl groups excluding tert-OH is 2. The lowest BCUT2D eigenvalue weighted by Gasteiger charge is -2.23. The van der Waals surface area contributed by atoms with Gasteiger partial charge in [0, 0.05) is 35.5 Å². The summed E-state index contributed by atoms with van der Waals surface area (Å²) in [6, 6.07) is 6.88. The van der Waals surface area contributed by atoms with Gasteiger partial charge in [-0.05, 0) is 84.8 Å². The van der Waals surface area contributed by atoms with Crippen LogP contribution in [0, 0.1) is 10.8 Å². The second-order valence-electron chi connectivity index (χ2n) is 11.8. The summed E-state index contributed by atoms with van der Waals surface area (Å²) in [4.78, 5) is 52.1. The summed E-state index contributed by atoms with van der Waals surface area (Å²) < 4.78 is 0. The summed E-state index contributed by atoms with van der Waals surface area (Å²) in [6.07, 6.45) is 8.83. The minimum Gasteiger partial charge on any atom is -0.396 e. The zero-order valence-corrected chi connectivity index (χ0v) is 22.8. The van der Waals surface area contributed by atoms with E-state index in [-0.39, 0.29) is 58.3 Å². The molecule has 0 unspecified atom stereocenters. The van der Waals surface area contributed by atoms with Crippen LogP contribution >= 0.6 is 0 Å². The van der Waals surface area contributed by atoms with E-state index in [1.54, 1.807) is 24.3 Å². The van der Waals surface area contributed by atoms with E-state index in [2.05, 4.69) is 0 Å². The Balaban J connectivity index is 1.85. The van der Waals surface area contributed by atoms with Crippen LogP contribution in [0.5, 0.6) is 0 Å². The van der Waals surface area contributed by atoms with Crippen LogP contribution in [0.3, 0.4) is 0 Å². The van der Waals surface area contributed by atoms with Gasteiger partial charge in [0.05, 0.1) is 0 Å². The number of aliphatic hydroxyl groups is 2. The van der Waals surface area contributed by atoms with Crippen LogP contribution in [0.25, 0.3) is 11.1 Å². The quantitative estimate of drug-likeness (QED) is 0.378. The number of benzene rings is 1. The Hall–Kier alpha value is -3.22. The molecule has 0 atom stereocenters. The normalized spacial score (nSPS) is 16.8. The molecule has 1 aromatic carbocycles. The minimum atomic E-state index is -0.294. The zero-order valence-electron chi connectivity index (χ0n) is 22.8. The van der Waals surface area contributed by atoms with Crippen LogP contribution in [-0.4, -0.2) is 46.6 Å². The van der Waals surface area contributed by atoms with Crippen molar-refractivity contribution in [2.24, 2.45) is 10.8 Å². The highest BCUT2D eigenvalue weighted by atomic mass is 16.3. The van der Waals surface area contributed by atoms with Gasteiger partial charge in [0.15, 0.2) is 23.1 Å². The molecule has 6 heteroatoms. The first kappa shape index (κ1) is 29.3. The van der Waals surface area contributed by atoms with Crippen molar-refractivity contribution in [2.75, 3.05) is 13.2 Å². The fourth-order valence-corrected chi connectivity index (χ4v) is 4.72. The second-order valence-corrected chi connectivity index (χ2v) is 11.8. The minimum absolute atomic E-state index is 0.0367. The predicted octanol–water partition coefficient (Wildman–Crippen LogP) is 4.99. The lowest BCUT2D eigenvalue weighted by molar-refractivity contribution is -0.114. The number of allylic oxidation sites excluding steroid dienone is 8. The number of hydrogen-bond donors (Lipinski definition) is 2. The van der Waals surface area contributed by atoms with Crippen LogP contribution in [-0.2, 0) is 19.2 Å². The van der Waals surface area contributed by atoms with E-state index in [1.807, 2.05) is 27.7 Å². The van der Waals surface area contributed by atoms with Gasteiger partial charge in [0.1, 0.15) is 0 Å². The Kier molecular flexibility index (Phi) is 9.34. The molecule has 0 spiro atoms. The first-order chi connectivity index (χ1) is 17.9. The molecule has 0 saturated carbocycles. The molecule has 0 radical (unpaired) electrons. The van der Waals surface area contributed by atoms with Gasteiger partial charge in [-0.2, -0.15) is 0 Å². The van der Waals surface area contributed by atoms with E-state index in [1.165, 1.54) is 24.3 Å². The number of hydrogen-bond acceptors (Lipinski definition) is 6. The first-order valence-corrected chi connectivity index (χ1v) is 13.2. The molecular formula is C32H38O6. The van der Waals surface area contributed by atoms with E-state index in [9.17, 15) is 29.4 Å². The molecule has 2 N–H and O–H groups in total. The molecule has 38 heavy (non-hydrogen) atoms. The van der Waals surface area contributed by atoms with Crippen LogP contribution in [0.4, 0.5) is 0 Å². The first-order valence-electron chi connectivity index (χ1n) is 13.2. The van der Waals surface area contributed by atoms with Gasteiger partial charge in [-0.15, -0.1) is 0 Å². The number of ketones is 4. The SMILES string of the molecule is CC(C)(CO)CCCC1=CC(=O)C=C(c2ccccc2C2=CC(=O)C=C(CCCC(C)(C)CO)C2=O)C1=O. The van der Waals surface area contributed by atoms with Crippen LogP contribution in [0.1, 0.15) is 77.3 Å². The molecule has 0 aliphatic heterocycles. The van der Waals surface area contributed by atoms with Gasteiger partial charge in [-0.1, -0.05) is 52.0 Å². The van der Waals surface area contributed by atoms with Crippen molar-refractivity contribution in [3.63, 3.8) is 0 Å². The molecule has 202 valence electrons. The predicted molar refractivity (Wildman–Crippen MR) is 148 cm³/mol. The third kappa shape index (κ3) is 7.21. The van der Waals surface area contributed by atoms with E-state index < -0.39 is 0 Å². The molecular weight excluding hydrogens is 480 g/mol. The maximum atomic E-state index is 13.5. The van der Waals surface area contributed by atoms with Gasteiger partial charge in [0.2, 0.25) is 0 Å². The van der Waals surface area contributed by atoms with Gasteiger partial charge >= 0.3 is 0 Å². The highest BCUT2D eigenvalue weighted by molar-refractivity contribution is 6.40. The molecule has 6 nitrogen and oxygen atoms in total. The van der Waals surface area contributed by atoms with Crippen molar-refractivity contribution in [1.82, 2.24) is 0 Å². The number of carbonyl (C=O) groups excluding carboxylic acids is 4. The Bertz CT molecular complexity index is 1160. The van der Waals surface area contributed by atoms with Gasteiger partial charge in [0.25, 0.3) is 0 Å². The standard InChI is InChI=1S/C32H38O6/c1-31(2,19-33)13-7-9-21-15-23(35)17-27(29(21)37)25-11-5-6-12-26(25)28-18-24(36)16-22(30(28)38)10-8-14-32(3,4)20-34/h5-6,11-12,15-18,33-34H,7-10,13-14,19-20H2,1-4H3. The fourth-order valence-electron chi connectivity index (χ4n) is 4.72. The van der Waals surface area contributed by atoms with E-state index in [4.69, 9.17) is 0 Å². The molecule has 0 bridgehead atoms. The van der Waals surface area contributed by atoms with Crippen molar-refractivity contribution in [3.8, 4) is 0 Å². The molecule has 2 aliphatic rings. The van der Waals surface area contributed by atoms with Crippen molar-refractivity contribution < 1.29 is 29.4 Å². The van der Waals surface area contributed by atoms with Crippen molar-refractivity contribution in [1.29, 1.82) is 0 Å². The van der Waals surface area contributed by atoms with Crippen molar-refractivity contribution in [3.05, 3.63) is 70.8 Å². The average Bonchev–Trinajstić information content (AvgIpc) is 2.87. The third-order valence-corrected chi connectivity index (χ3v) is 7.24. The van der Waals surface area contributed by atoms with E-state index >= 15 is 0 Å². The average molecular weight is 519 g/mol. The zero-order chi connectivity index (χ0) is 28.1. The topological polar surface area (TPSA) is 109 Å². The van der Waals surface area contributed by atoms with Crippen molar-refractivity contribution in [2.45, 2.75) is 66.2 Å². The molecule has 2 aliphatic carbocycles. The summed E-state index contributed by atoms with van der Waals surface area (Å²) in [6.45, 7) is 7.86. The Morgan fingerprint density at radius 1 is 0.605 bits per heavy atom. The maximum absolute atomic E-state index is 13.5. The fraction of sp³-hybridized carbons (Fsp3) is 0.438. The van der Waals surface area contributed by atoms with E-state index in [0.717, 1.165) is 0 Å². The summed E-state index contributed by atoms with van der Waals surface area (Å²) in [5.41, 5.74) is 1.59. The third-order valence-electron chi connectivity index (χ3n) is 7.24. The molecule has 0 saturated heterocycles. The lowest BCUT2D eigenvalue weighted by atomic mass is 9.80. The highest BCUT2D eigenvalue weighted by Gasteiger charge is 2.29. The molecule has 3 rings (SSSR count). The van der Waals surface area contributed by atoms with Crippen LogP contribution in [0.15, 0.2) is 59.7 Å². The smallest absolute Gasteiger partial charge is 0.189 e. The summed E-state index contributed by atoms with van der Waals surface area (Å²) in [7, 11) is 0. The highest BCUT2D eigenvalue weighted by Crippen LogP contribution is 2.35. The van der Waals surface area contributed by atoms with Crippen LogP contribution < -0.4 is 0 Å². The largest absolute Gasteiger partial charge is 0.396 e. The number of carbonyl (C=O) groups is 4. The Morgan fingerprint density at radius 3 is 1.32 bits per heavy atom. The molecule has 1 aromatic rings. The van der Waals surface area contributed by atoms with Gasteiger partial charge in [-0.3, -0.25) is 19.2 Å². The maximum Gasteiger partial charge on any atom is 0.189 e. The summed E-state index contributed by atoms with van der Waals surface area (Å²) in [5.74, 6) is -1.12. The Labute approximate surface area is 224 Å². The molecule has 0 aromatic heterocycles. The molecule has 0 amide bonds. The van der Waals surface area contributed by atoms with E-state index in [0.29, 0.717) is 60.8 Å². The van der Waals surface area contributed by atoms with Crippen molar-refractivity contribution >= 4 is 34.3 Å². The summed E-state index contributed by atoms with van der Waals surface area (Å²) >= 11 is 0. The molecule has 0 fully saturated rings. The Morgan fingerprint density at radius 2 is 0.974 bits per heavy atom. The second kappa shape index (κ2) is 12.1. The lowest BCUT2D eigenvalue weighted by Crippen LogP contribution is -2.19. The van der Waals surface area contributed by atoms with Gasteiger partial charge in [-0.25, -0.2) is 0 Å². The van der Waals surface area contributed by atoms with Gasteiger partial charge < -0.3 is 10.2 Å².